The van der Waals surface area contributed by atoms with Gasteiger partial charge < -0.3 is 10.0 Å². The summed E-state index contributed by atoms with van der Waals surface area (Å²) in [7, 11) is -3.23. The van der Waals surface area contributed by atoms with E-state index in [-0.39, 0.29) is 4.90 Å². The molecule has 0 saturated carbocycles. The Labute approximate surface area is 112 Å². The lowest BCUT2D eigenvalue weighted by atomic mass is 10.1. The van der Waals surface area contributed by atoms with E-state index in [0.717, 1.165) is 23.9 Å². The molecule has 2 rings (SSSR count). The molecule has 1 fully saturated rings. The van der Waals surface area contributed by atoms with E-state index >= 15 is 0 Å². The van der Waals surface area contributed by atoms with Crippen LogP contribution in [0, 0.1) is 6.92 Å². The van der Waals surface area contributed by atoms with Crippen molar-refractivity contribution in [2.24, 2.45) is 0 Å². The highest BCUT2D eigenvalue weighted by Crippen LogP contribution is 2.30. The van der Waals surface area contributed by atoms with Gasteiger partial charge in [0.1, 0.15) is 6.04 Å². The van der Waals surface area contributed by atoms with Gasteiger partial charge in [0, 0.05) is 18.5 Å². The molecule has 0 radical (unpaired) electrons. The van der Waals surface area contributed by atoms with Crippen LogP contribution >= 0.6 is 0 Å². The lowest BCUT2D eigenvalue weighted by molar-refractivity contribution is -0.138. The molecule has 0 aliphatic carbocycles. The third-order valence-electron chi connectivity index (χ3n) is 3.44. The first-order valence-electron chi connectivity index (χ1n) is 6.11. The van der Waals surface area contributed by atoms with Crippen LogP contribution in [0.5, 0.6) is 0 Å². The van der Waals surface area contributed by atoms with Crippen LogP contribution in [0.25, 0.3) is 0 Å². The van der Waals surface area contributed by atoms with Gasteiger partial charge in [-0.3, -0.25) is 0 Å². The molecule has 1 aromatic rings. The zero-order chi connectivity index (χ0) is 14.2. The predicted molar refractivity (Wildman–Crippen MR) is 72.3 cm³/mol. The van der Waals surface area contributed by atoms with Crippen LogP contribution in [0.4, 0.5) is 5.69 Å². The molecule has 0 aromatic heterocycles. The van der Waals surface area contributed by atoms with Crippen molar-refractivity contribution in [1.82, 2.24) is 0 Å². The van der Waals surface area contributed by atoms with Gasteiger partial charge in [0.05, 0.1) is 4.90 Å². The molecular weight excluding hydrogens is 266 g/mol. The maximum Gasteiger partial charge on any atom is 0.326 e. The number of carboxylic acid groups (broad SMARTS) is 1. The summed E-state index contributed by atoms with van der Waals surface area (Å²) < 4.78 is 23.0. The summed E-state index contributed by atoms with van der Waals surface area (Å²) in [5.41, 5.74) is 1.59. The molecule has 0 unspecified atom stereocenters. The Hall–Kier alpha value is -1.56. The summed E-state index contributed by atoms with van der Waals surface area (Å²) in [6.07, 6.45) is 2.63. The number of sulfone groups is 1. The minimum atomic E-state index is -3.23. The molecule has 5 nitrogen and oxygen atoms in total. The molecule has 1 N–H and O–H groups in total. The highest BCUT2D eigenvalue weighted by atomic mass is 32.2. The Morgan fingerprint density at radius 3 is 2.63 bits per heavy atom. The molecule has 6 heteroatoms. The fourth-order valence-corrected chi connectivity index (χ4v) is 3.20. The average Bonchev–Trinajstić information content (AvgIpc) is 2.76. The average molecular weight is 283 g/mol. The normalized spacial score (nSPS) is 19.7. The van der Waals surface area contributed by atoms with Crippen LogP contribution in [-0.2, 0) is 14.6 Å². The largest absolute Gasteiger partial charge is 0.480 e. The highest BCUT2D eigenvalue weighted by molar-refractivity contribution is 7.90. The Balaban J connectivity index is 2.39. The zero-order valence-electron chi connectivity index (χ0n) is 11.0. The fourth-order valence-electron chi connectivity index (χ4n) is 2.49. The summed E-state index contributed by atoms with van der Waals surface area (Å²) >= 11 is 0. The van der Waals surface area contributed by atoms with E-state index in [4.69, 9.17) is 0 Å². The predicted octanol–water partition coefficient (Wildman–Crippen LogP) is 1.45. The van der Waals surface area contributed by atoms with Gasteiger partial charge in [-0.1, -0.05) is 0 Å². The van der Waals surface area contributed by atoms with E-state index in [0.29, 0.717) is 13.0 Å². The van der Waals surface area contributed by atoms with E-state index in [9.17, 15) is 18.3 Å². The summed E-state index contributed by atoms with van der Waals surface area (Å²) in [6.45, 7) is 2.50. The number of anilines is 1. The van der Waals surface area contributed by atoms with Crippen molar-refractivity contribution in [2.75, 3.05) is 17.7 Å². The van der Waals surface area contributed by atoms with Crippen LogP contribution in [0.15, 0.2) is 23.1 Å². The lowest BCUT2D eigenvalue weighted by Crippen LogP contribution is -2.36. The number of hydrogen-bond donors (Lipinski definition) is 1. The Morgan fingerprint density at radius 1 is 1.42 bits per heavy atom. The smallest absolute Gasteiger partial charge is 0.326 e. The van der Waals surface area contributed by atoms with E-state index in [1.54, 1.807) is 19.1 Å². The summed E-state index contributed by atoms with van der Waals surface area (Å²) in [5.74, 6) is -0.830. The molecular formula is C13H17NO4S. The maximum atomic E-state index is 11.5. The van der Waals surface area contributed by atoms with Crippen molar-refractivity contribution < 1.29 is 18.3 Å². The molecule has 1 heterocycles. The number of aliphatic carboxylic acids is 1. The highest BCUT2D eigenvalue weighted by Gasteiger charge is 2.31. The van der Waals surface area contributed by atoms with Crippen molar-refractivity contribution in [3.8, 4) is 0 Å². The number of hydrogen-bond acceptors (Lipinski definition) is 4. The van der Waals surface area contributed by atoms with Crippen LogP contribution in [0.1, 0.15) is 18.4 Å². The van der Waals surface area contributed by atoms with Crippen molar-refractivity contribution >= 4 is 21.5 Å². The zero-order valence-corrected chi connectivity index (χ0v) is 11.8. The molecule has 104 valence electrons. The fraction of sp³-hybridized carbons (Fsp3) is 0.462. The van der Waals surface area contributed by atoms with Gasteiger partial charge in [-0.25, -0.2) is 13.2 Å². The van der Waals surface area contributed by atoms with Gasteiger partial charge in [-0.05, 0) is 43.5 Å². The lowest BCUT2D eigenvalue weighted by Gasteiger charge is -2.25. The summed E-state index contributed by atoms with van der Waals surface area (Å²) in [6, 6.07) is 4.33. The third-order valence-corrected chi connectivity index (χ3v) is 4.55. The first-order chi connectivity index (χ1) is 8.80. The van der Waals surface area contributed by atoms with Crippen molar-refractivity contribution in [3.05, 3.63) is 23.8 Å². The van der Waals surface area contributed by atoms with Gasteiger partial charge in [-0.15, -0.1) is 0 Å². The number of aryl methyl sites for hydroxylation is 1. The van der Waals surface area contributed by atoms with E-state index < -0.39 is 21.8 Å². The van der Waals surface area contributed by atoms with Gasteiger partial charge in [0.2, 0.25) is 0 Å². The molecule has 0 spiro atoms. The van der Waals surface area contributed by atoms with E-state index in [2.05, 4.69) is 0 Å². The topological polar surface area (TPSA) is 74.7 Å². The Morgan fingerprint density at radius 2 is 2.11 bits per heavy atom. The molecule has 19 heavy (non-hydrogen) atoms. The second kappa shape index (κ2) is 4.85. The SMILES string of the molecule is Cc1cc(S(C)(=O)=O)ccc1N1CCC[C@@H]1C(=O)O. The molecule has 1 aliphatic rings. The van der Waals surface area contributed by atoms with Crippen LogP contribution in [0.2, 0.25) is 0 Å². The molecule has 1 saturated heterocycles. The van der Waals surface area contributed by atoms with E-state index in [1.165, 1.54) is 6.07 Å². The number of nitrogens with zero attached hydrogens (tertiary/aromatic N) is 1. The van der Waals surface area contributed by atoms with Gasteiger partial charge in [0.25, 0.3) is 0 Å². The van der Waals surface area contributed by atoms with Crippen LogP contribution in [-0.4, -0.2) is 38.3 Å². The third kappa shape index (κ3) is 2.73. The molecule has 1 aliphatic heterocycles. The van der Waals surface area contributed by atoms with Crippen molar-refractivity contribution in [1.29, 1.82) is 0 Å². The second-order valence-electron chi connectivity index (χ2n) is 4.91. The minimum Gasteiger partial charge on any atom is -0.480 e. The molecule has 1 aromatic carbocycles. The first kappa shape index (κ1) is 13.9. The maximum absolute atomic E-state index is 11.5. The van der Waals surface area contributed by atoms with Crippen molar-refractivity contribution in [3.63, 3.8) is 0 Å². The van der Waals surface area contributed by atoms with Crippen LogP contribution in [0.3, 0.4) is 0 Å². The van der Waals surface area contributed by atoms with Crippen LogP contribution < -0.4 is 4.90 Å². The first-order valence-corrected chi connectivity index (χ1v) is 8.00. The number of carboxylic acids is 1. The quantitative estimate of drug-likeness (QED) is 0.908. The molecule has 0 amide bonds. The summed E-state index contributed by atoms with van der Waals surface area (Å²) in [5, 5.41) is 9.18. The number of benzene rings is 1. The second-order valence-corrected chi connectivity index (χ2v) is 6.93. The minimum absolute atomic E-state index is 0.264. The Bertz CT molecular complexity index is 609. The van der Waals surface area contributed by atoms with Crippen molar-refractivity contribution in [2.45, 2.75) is 30.7 Å². The van der Waals surface area contributed by atoms with Gasteiger partial charge >= 0.3 is 5.97 Å². The summed E-state index contributed by atoms with van der Waals surface area (Å²) in [4.78, 5) is 13.3. The van der Waals surface area contributed by atoms with Gasteiger partial charge in [0.15, 0.2) is 9.84 Å². The van der Waals surface area contributed by atoms with Gasteiger partial charge in [-0.2, -0.15) is 0 Å². The number of rotatable bonds is 3. The Kier molecular flexibility index (Phi) is 3.54. The standard InChI is InChI=1S/C13H17NO4S/c1-9-8-10(19(2,17)18)5-6-11(9)14-7-3-4-12(14)13(15)16/h5-6,8,12H,3-4,7H2,1-2H3,(H,15,16)/t12-/m1/s1. The molecule has 0 bridgehead atoms. The number of carbonyl (C=O) groups is 1. The van der Waals surface area contributed by atoms with E-state index in [1.807, 2.05) is 4.90 Å². The molecule has 1 atom stereocenters. The monoisotopic (exact) mass is 283 g/mol.